The Morgan fingerprint density at radius 1 is 0.407 bits per heavy atom. The van der Waals surface area contributed by atoms with Crippen LogP contribution in [0, 0.1) is 0 Å². The zero-order valence-electron chi connectivity index (χ0n) is 31.9. The summed E-state index contributed by atoms with van der Waals surface area (Å²) in [5.41, 5.74) is 19.0. The highest BCUT2D eigenvalue weighted by molar-refractivity contribution is 7.26. The summed E-state index contributed by atoms with van der Waals surface area (Å²) in [5, 5.41) is 2.69. The molecule has 2 aliphatic carbocycles. The molecule has 1 spiro atoms. The Bertz CT molecular complexity index is 3500. The standard InChI is InChI=1S/C56H34N2S/c1-3-15-35(16-4-1)55-57-49-34-37(28-31-50(49)58(55)38-17-5-2-6-18-38)36-27-29-42-40-20-8-7-19-39(40)41-21-9-12-24-45(41)56(48(42)33-36)46-25-13-10-22-43(46)53-47(56)30-32-52-54(53)44-23-11-14-26-51(44)59-52/h1-34H. The molecule has 274 valence electrons. The molecular weight excluding hydrogens is 733 g/mol. The van der Waals surface area contributed by atoms with Crippen LogP contribution in [0.25, 0.3) is 92.8 Å². The third kappa shape index (κ3) is 4.48. The zero-order valence-corrected chi connectivity index (χ0v) is 32.7. The minimum Gasteiger partial charge on any atom is -0.292 e. The van der Waals surface area contributed by atoms with Crippen molar-refractivity contribution in [1.82, 2.24) is 9.55 Å². The number of thiophene rings is 1. The Morgan fingerprint density at radius 3 is 1.81 bits per heavy atom. The van der Waals surface area contributed by atoms with E-state index in [9.17, 15) is 0 Å². The van der Waals surface area contributed by atoms with Crippen LogP contribution in [0.15, 0.2) is 206 Å². The fourth-order valence-electron chi connectivity index (χ4n) is 10.5. The summed E-state index contributed by atoms with van der Waals surface area (Å²) < 4.78 is 4.94. The first-order chi connectivity index (χ1) is 29.3. The van der Waals surface area contributed by atoms with Crippen LogP contribution in [0.3, 0.4) is 0 Å². The quantitative estimate of drug-likeness (QED) is 0.175. The van der Waals surface area contributed by atoms with Gasteiger partial charge in [-0.05, 0) is 109 Å². The van der Waals surface area contributed by atoms with Gasteiger partial charge in [-0.15, -0.1) is 11.3 Å². The molecule has 2 aromatic heterocycles. The molecule has 0 N–H and O–H groups in total. The lowest BCUT2D eigenvalue weighted by atomic mass is 9.65. The molecule has 59 heavy (non-hydrogen) atoms. The minimum absolute atomic E-state index is 0.580. The van der Waals surface area contributed by atoms with Crippen molar-refractivity contribution in [2.45, 2.75) is 5.41 Å². The second kappa shape index (κ2) is 12.3. The lowest BCUT2D eigenvalue weighted by molar-refractivity contribution is 0.776. The first-order valence-corrected chi connectivity index (χ1v) is 21.1. The van der Waals surface area contributed by atoms with Crippen LogP contribution in [-0.4, -0.2) is 9.55 Å². The summed E-state index contributed by atoms with van der Waals surface area (Å²) in [6.45, 7) is 0. The van der Waals surface area contributed by atoms with Crippen LogP contribution in [0.1, 0.15) is 22.3 Å². The van der Waals surface area contributed by atoms with Gasteiger partial charge in [0.1, 0.15) is 5.82 Å². The Kier molecular flexibility index (Phi) is 6.84. The maximum Gasteiger partial charge on any atom is 0.145 e. The molecule has 0 saturated carbocycles. The average molecular weight is 767 g/mol. The monoisotopic (exact) mass is 766 g/mol. The van der Waals surface area contributed by atoms with Gasteiger partial charge in [-0.2, -0.15) is 0 Å². The number of rotatable bonds is 3. The maximum absolute atomic E-state index is 5.35. The average Bonchev–Trinajstić information content (AvgIpc) is 3.95. The molecule has 0 fully saturated rings. The third-order valence-corrected chi connectivity index (χ3v) is 14.0. The second-order valence-electron chi connectivity index (χ2n) is 15.8. The highest BCUT2D eigenvalue weighted by Crippen LogP contribution is 2.63. The normalized spacial score (nSPS) is 14.8. The number of aromatic nitrogens is 2. The zero-order chi connectivity index (χ0) is 38.7. The molecule has 2 aliphatic rings. The summed E-state index contributed by atoms with van der Waals surface area (Å²) in [4.78, 5) is 5.35. The lowest BCUT2D eigenvalue weighted by Gasteiger charge is -2.35. The van der Waals surface area contributed by atoms with E-state index in [2.05, 4.69) is 211 Å². The van der Waals surface area contributed by atoms with E-state index in [0.717, 1.165) is 33.7 Å². The topological polar surface area (TPSA) is 17.8 Å². The van der Waals surface area contributed by atoms with Gasteiger partial charge in [0.15, 0.2) is 0 Å². The van der Waals surface area contributed by atoms with Crippen LogP contribution < -0.4 is 0 Å². The Hall–Kier alpha value is -7.33. The molecule has 2 nitrogen and oxygen atoms in total. The van der Waals surface area contributed by atoms with E-state index in [0.29, 0.717) is 0 Å². The van der Waals surface area contributed by atoms with E-state index in [1.165, 1.54) is 81.4 Å². The first-order valence-electron chi connectivity index (χ1n) is 20.3. The molecule has 0 amide bonds. The molecule has 0 saturated heterocycles. The highest BCUT2D eigenvalue weighted by atomic mass is 32.1. The van der Waals surface area contributed by atoms with Gasteiger partial charge >= 0.3 is 0 Å². The molecular formula is C56H34N2S. The van der Waals surface area contributed by atoms with Crippen LogP contribution in [-0.2, 0) is 5.41 Å². The van der Waals surface area contributed by atoms with Crippen molar-refractivity contribution in [2.75, 3.05) is 0 Å². The number of hydrogen-bond donors (Lipinski definition) is 0. The van der Waals surface area contributed by atoms with Crippen molar-refractivity contribution >= 4 is 42.5 Å². The van der Waals surface area contributed by atoms with Crippen LogP contribution in [0.4, 0.5) is 0 Å². The van der Waals surface area contributed by atoms with Crippen molar-refractivity contribution in [3.05, 3.63) is 229 Å². The molecule has 9 aromatic carbocycles. The summed E-state index contributed by atoms with van der Waals surface area (Å²) in [6, 6.07) is 76.3. The summed E-state index contributed by atoms with van der Waals surface area (Å²) >= 11 is 1.90. The Morgan fingerprint density at radius 2 is 1.02 bits per heavy atom. The molecule has 3 heteroatoms. The van der Waals surface area contributed by atoms with Crippen LogP contribution in [0.2, 0.25) is 0 Å². The van der Waals surface area contributed by atoms with E-state index in [1.807, 2.05) is 11.3 Å². The van der Waals surface area contributed by atoms with Gasteiger partial charge in [-0.3, -0.25) is 4.57 Å². The van der Waals surface area contributed by atoms with Gasteiger partial charge in [0.2, 0.25) is 0 Å². The number of imidazole rings is 1. The molecule has 1 unspecified atom stereocenters. The van der Waals surface area contributed by atoms with Crippen molar-refractivity contribution in [1.29, 1.82) is 0 Å². The lowest BCUT2D eigenvalue weighted by Crippen LogP contribution is -2.29. The van der Waals surface area contributed by atoms with Gasteiger partial charge in [0.05, 0.1) is 16.4 Å². The van der Waals surface area contributed by atoms with Crippen molar-refractivity contribution < 1.29 is 0 Å². The van der Waals surface area contributed by atoms with Crippen LogP contribution in [0.5, 0.6) is 0 Å². The number of hydrogen-bond acceptors (Lipinski definition) is 2. The number of fused-ring (bicyclic) bond motifs is 17. The molecule has 13 rings (SSSR count). The minimum atomic E-state index is -0.580. The summed E-state index contributed by atoms with van der Waals surface area (Å²) in [5.74, 6) is 0.935. The Balaban J connectivity index is 1.12. The number of benzene rings is 9. The van der Waals surface area contributed by atoms with Gasteiger partial charge < -0.3 is 0 Å². The van der Waals surface area contributed by atoms with E-state index in [4.69, 9.17) is 4.98 Å². The number of nitrogens with zero attached hydrogens (tertiary/aromatic N) is 2. The predicted octanol–water partition coefficient (Wildman–Crippen LogP) is 14.7. The Labute approximate surface area is 346 Å². The second-order valence-corrected chi connectivity index (χ2v) is 16.9. The van der Waals surface area contributed by atoms with E-state index >= 15 is 0 Å². The summed E-state index contributed by atoms with van der Waals surface area (Å²) in [6.07, 6.45) is 0. The first kappa shape index (κ1) is 32.7. The van der Waals surface area contributed by atoms with Gasteiger partial charge in [-0.1, -0.05) is 164 Å². The third-order valence-electron chi connectivity index (χ3n) is 12.8. The fraction of sp³-hybridized carbons (Fsp3) is 0.0179. The van der Waals surface area contributed by atoms with Crippen LogP contribution >= 0.6 is 11.3 Å². The van der Waals surface area contributed by atoms with Gasteiger partial charge in [0.25, 0.3) is 0 Å². The van der Waals surface area contributed by atoms with Gasteiger partial charge in [-0.25, -0.2) is 4.98 Å². The van der Waals surface area contributed by atoms with E-state index < -0.39 is 5.41 Å². The SMILES string of the molecule is c1ccc(-c2nc3cc(-c4ccc5c(c4)C4(c6ccccc6-c6ccccc6-5)c5ccccc5-c5c4ccc4sc6ccccc6c54)ccc3n2-c2ccccc2)cc1. The highest BCUT2D eigenvalue weighted by Gasteiger charge is 2.50. The smallest absolute Gasteiger partial charge is 0.145 e. The molecule has 0 bridgehead atoms. The largest absolute Gasteiger partial charge is 0.292 e. The van der Waals surface area contributed by atoms with Gasteiger partial charge in [0, 0.05) is 31.4 Å². The molecule has 11 aromatic rings. The summed E-state index contributed by atoms with van der Waals surface area (Å²) in [7, 11) is 0. The molecule has 0 aliphatic heterocycles. The predicted molar refractivity (Wildman–Crippen MR) is 247 cm³/mol. The van der Waals surface area contributed by atoms with Crippen molar-refractivity contribution in [3.63, 3.8) is 0 Å². The molecule has 0 radical (unpaired) electrons. The van der Waals surface area contributed by atoms with E-state index in [1.54, 1.807) is 0 Å². The maximum atomic E-state index is 5.35. The van der Waals surface area contributed by atoms with Crippen molar-refractivity contribution in [3.8, 4) is 61.6 Å². The number of para-hydroxylation sites is 1. The molecule has 2 heterocycles. The van der Waals surface area contributed by atoms with Crippen molar-refractivity contribution in [2.24, 2.45) is 0 Å². The fourth-order valence-corrected chi connectivity index (χ4v) is 11.6. The van der Waals surface area contributed by atoms with E-state index in [-0.39, 0.29) is 0 Å². The molecule has 1 atom stereocenters.